The van der Waals surface area contributed by atoms with Crippen LogP contribution in [-0.4, -0.2) is 42.5 Å². The number of hydrogen-bond acceptors (Lipinski definition) is 3. The van der Waals surface area contributed by atoms with Gasteiger partial charge in [-0.05, 0) is 25.5 Å². The summed E-state index contributed by atoms with van der Waals surface area (Å²) in [6, 6.07) is 7.38. The molecule has 114 valence electrons. The van der Waals surface area contributed by atoms with Gasteiger partial charge in [0.1, 0.15) is 11.8 Å². The lowest BCUT2D eigenvalue weighted by Crippen LogP contribution is -2.57. The van der Waals surface area contributed by atoms with Crippen molar-refractivity contribution in [2.45, 2.75) is 32.7 Å². The molecule has 1 heterocycles. The van der Waals surface area contributed by atoms with Crippen LogP contribution in [0.3, 0.4) is 0 Å². The van der Waals surface area contributed by atoms with E-state index < -0.39 is 0 Å². The van der Waals surface area contributed by atoms with Crippen molar-refractivity contribution in [2.75, 3.05) is 19.7 Å². The van der Waals surface area contributed by atoms with Gasteiger partial charge in [-0.15, -0.1) is 0 Å². The second-order valence-electron chi connectivity index (χ2n) is 5.21. The number of amides is 2. The van der Waals surface area contributed by atoms with E-state index in [1.54, 1.807) is 4.90 Å². The van der Waals surface area contributed by atoms with Crippen molar-refractivity contribution < 1.29 is 14.3 Å². The molecule has 1 aliphatic heterocycles. The molecule has 0 saturated carbocycles. The van der Waals surface area contributed by atoms with Gasteiger partial charge in [-0.25, -0.2) is 0 Å². The molecule has 1 N–H and O–H groups in total. The first-order valence-electron chi connectivity index (χ1n) is 7.38. The molecule has 1 atom stereocenters. The van der Waals surface area contributed by atoms with E-state index in [0.717, 1.165) is 5.75 Å². The zero-order valence-corrected chi connectivity index (χ0v) is 12.6. The molecule has 0 aliphatic carbocycles. The van der Waals surface area contributed by atoms with Crippen molar-refractivity contribution in [3.63, 3.8) is 0 Å². The van der Waals surface area contributed by atoms with E-state index in [1.165, 1.54) is 5.56 Å². The number of rotatable bonds is 5. The molecule has 1 fully saturated rings. The molecule has 1 aliphatic rings. The van der Waals surface area contributed by atoms with Crippen molar-refractivity contribution in [2.24, 2.45) is 0 Å². The number of hydrogen-bond donors (Lipinski definition) is 1. The molecule has 5 nitrogen and oxygen atoms in total. The molecule has 1 unspecified atom stereocenters. The number of piperazine rings is 1. The molecule has 21 heavy (non-hydrogen) atoms. The van der Waals surface area contributed by atoms with Gasteiger partial charge in [0.15, 0.2) is 0 Å². The van der Waals surface area contributed by atoms with Crippen LogP contribution in [0.2, 0.25) is 0 Å². The van der Waals surface area contributed by atoms with Gasteiger partial charge in [0, 0.05) is 13.1 Å². The van der Waals surface area contributed by atoms with Crippen LogP contribution in [0.1, 0.15) is 25.3 Å². The van der Waals surface area contributed by atoms with Gasteiger partial charge in [0.05, 0.1) is 13.0 Å². The molecular formula is C16H22N2O3. The highest BCUT2D eigenvalue weighted by Gasteiger charge is 2.31. The SMILES string of the molecule is CCC1C(=O)NCCN1C(=O)CCOc1ccc(C)cc1. The quantitative estimate of drug-likeness (QED) is 0.894. The third-order valence-electron chi connectivity index (χ3n) is 3.64. The second kappa shape index (κ2) is 7.11. The Bertz CT molecular complexity index is 499. The first kappa shape index (κ1) is 15.4. The predicted octanol–water partition coefficient (Wildman–Crippen LogP) is 1.50. The van der Waals surface area contributed by atoms with Gasteiger partial charge in [-0.2, -0.15) is 0 Å². The Morgan fingerprint density at radius 2 is 2.10 bits per heavy atom. The van der Waals surface area contributed by atoms with Crippen molar-refractivity contribution in [1.29, 1.82) is 0 Å². The highest BCUT2D eigenvalue weighted by molar-refractivity contribution is 5.88. The van der Waals surface area contributed by atoms with E-state index in [4.69, 9.17) is 4.74 Å². The highest BCUT2D eigenvalue weighted by atomic mass is 16.5. The summed E-state index contributed by atoms with van der Waals surface area (Å²) < 4.78 is 5.57. The average Bonchev–Trinajstić information content (AvgIpc) is 2.49. The molecule has 1 aromatic rings. The zero-order chi connectivity index (χ0) is 15.2. The molecule has 1 saturated heterocycles. The fraction of sp³-hybridized carbons (Fsp3) is 0.500. The van der Waals surface area contributed by atoms with Crippen LogP contribution in [0, 0.1) is 6.92 Å². The number of nitrogens with zero attached hydrogens (tertiary/aromatic N) is 1. The summed E-state index contributed by atoms with van der Waals surface area (Å²) in [5.41, 5.74) is 1.17. The first-order chi connectivity index (χ1) is 10.1. The summed E-state index contributed by atoms with van der Waals surface area (Å²) in [7, 11) is 0. The molecule has 2 amide bonds. The Labute approximate surface area is 125 Å². The zero-order valence-electron chi connectivity index (χ0n) is 12.6. The number of benzene rings is 1. The number of aryl methyl sites for hydroxylation is 1. The Hall–Kier alpha value is -2.04. The fourth-order valence-electron chi connectivity index (χ4n) is 2.45. The Morgan fingerprint density at radius 1 is 1.38 bits per heavy atom. The topological polar surface area (TPSA) is 58.6 Å². The minimum Gasteiger partial charge on any atom is -0.493 e. The van der Waals surface area contributed by atoms with Gasteiger partial charge in [0.2, 0.25) is 11.8 Å². The minimum absolute atomic E-state index is 0.0242. The third-order valence-corrected chi connectivity index (χ3v) is 3.64. The summed E-state index contributed by atoms with van der Waals surface area (Å²) in [6.45, 7) is 5.36. The number of nitrogens with one attached hydrogen (secondary N) is 1. The van der Waals surface area contributed by atoms with E-state index >= 15 is 0 Å². The lowest BCUT2D eigenvalue weighted by Gasteiger charge is -2.34. The predicted molar refractivity (Wildman–Crippen MR) is 80.1 cm³/mol. The van der Waals surface area contributed by atoms with Crippen LogP contribution in [0.5, 0.6) is 5.75 Å². The van der Waals surface area contributed by atoms with Gasteiger partial charge in [0.25, 0.3) is 0 Å². The largest absolute Gasteiger partial charge is 0.493 e. The molecule has 5 heteroatoms. The Balaban J connectivity index is 1.83. The van der Waals surface area contributed by atoms with Crippen molar-refractivity contribution in [3.05, 3.63) is 29.8 Å². The van der Waals surface area contributed by atoms with Crippen molar-refractivity contribution >= 4 is 11.8 Å². The highest BCUT2D eigenvalue weighted by Crippen LogP contribution is 2.13. The fourth-order valence-corrected chi connectivity index (χ4v) is 2.45. The number of carbonyl (C=O) groups excluding carboxylic acids is 2. The maximum absolute atomic E-state index is 12.2. The van der Waals surface area contributed by atoms with Crippen LogP contribution >= 0.6 is 0 Å². The van der Waals surface area contributed by atoms with E-state index in [1.807, 2.05) is 38.1 Å². The lowest BCUT2D eigenvalue weighted by atomic mass is 10.1. The minimum atomic E-state index is -0.342. The van der Waals surface area contributed by atoms with Crippen LogP contribution in [0.15, 0.2) is 24.3 Å². The van der Waals surface area contributed by atoms with Crippen LogP contribution in [0.25, 0.3) is 0 Å². The summed E-state index contributed by atoms with van der Waals surface area (Å²) in [5, 5.41) is 2.79. The maximum Gasteiger partial charge on any atom is 0.242 e. The van der Waals surface area contributed by atoms with Gasteiger partial charge >= 0.3 is 0 Å². The van der Waals surface area contributed by atoms with E-state index in [9.17, 15) is 9.59 Å². The van der Waals surface area contributed by atoms with Crippen LogP contribution < -0.4 is 10.1 Å². The van der Waals surface area contributed by atoms with Crippen LogP contribution in [-0.2, 0) is 9.59 Å². The van der Waals surface area contributed by atoms with Gasteiger partial charge < -0.3 is 15.0 Å². The second-order valence-corrected chi connectivity index (χ2v) is 5.21. The normalized spacial score (nSPS) is 18.3. The first-order valence-corrected chi connectivity index (χ1v) is 7.38. The molecular weight excluding hydrogens is 268 g/mol. The summed E-state index contributed by atoms with van der Waals surface area (Å²) >= 11 is 0. The van der Waals surface area contributed by atoms with Crippen molar-refractivity contribution in [1.82, 2.24) is 10.2 Å². The monoisotopic (exact) mass is 290 g/mol. The van der Waals surface area contributed by atoms with E-state index in [-0.39, 0.29) is 24.3 Å². The Kier molecular flexibility index (Phi) is 5.20. The van der Waals surface area contributed by atoms with Crippen molar-refractivity contribution in [3.8, 4) is 5.75 Å². The molecule has 0 aromatic heterocycles. The van der Waals surface area contributed by atoms with Gasteiger partial charge in [-0.1, -0.05) is 24.6 Å². The molecule has 2 rings (SSSR count). The van der Waals surface area contributed by atoms with E-state index in [2.05, 4.69) is 5.32 Å². The summed E-state index contributed by atoms with van der Waals surface area (Å²) in [6.07, 6.45) is 0.925. The molecule has 1 aromatic carbocycles. The van der Waals surface area contributed by atoms with Crippen LogP contribution in [0.4, 0.5) is 0 Å². The number of carbonyl (C=O) groups is 2. The number of ether oxygens (including phenoxy) is 1. The molecule has 0 radical (unpaired) electrons. The standard InChI is InChI=1S/C16H22N2O3/c1-3-14-16(20)17-9-10-18(14)15(19)8-11-21-13-6-4-12(2)5-7-13/h4-7,14H,3,8-11H2,1-2H3,(H,17,20). The van der Waals surface area contributed by atoms with Gasteiger partial charge in [-0.3, -0.25) is 9.59 Å². The lowest BCUT2D eigenvalue weighted by molar-refractivity contribution is -0.143. The molecule has 0 bridgehead atoms. The summed E-state index contributed by atoms with van der Waals surface area (Å²) in [5.74, 6) is 0.678. The average molecular weight is 290 g/mol. The van der Waals surface area contributed by atoms with E-state index in [0.29, 0.717) is 26.1 Å². The molecule has 0 spiro atoms. The maximum atomic E-state index is 12.2. The Morgan fingerprint density at radius 3 is 2.76 bits per heavy atom. The summed E-state index contributed by atoms with van der Waals surface area (Å²) in [4.78, 5) is 25.6. The smallest absolute Gasteiger partial charge is 0.242 e. The third kappa shape index (κ3) is 3.97.